The van der Waals surface area contributed by atoms with E-state index in [1.165, 1.54) is 24.2 Å². The summed E-state index contributed by atoms with van der Waals surface area (Å²) in [5.41, 5.74) is 0.892. The first kappa shape index (κ1) is 20.0. The van der Waals surface area contributed by atoms with Crippen molar-refractivity contribution in [3.05, 3.63) is 46.6 Å². The van der Waals surface area contributed by atoms with Gasteiger partial charge in [-0.15, -0.1) is 0 Å². The fraction of sp³-hybridized carbons (Fsp3) is 0.333. The minimum absolute atomic E-state index is 0.215. The predicted molar refractivity (Wildman–Crippen MR) is 99.9 cm³/mol. The molecule has 0 aliphatic carbocycles. The van der Waals surface area contributed by atoms with Crippen LogP contribution in [0, 0.1) is 6.92 Å². The normalized spacial score (nSPS) is 11.8. The highest BCUT2D eigenvalue weighted by atomic mass is 35.5. The van der Waals surface area contributed by atoms with E-state index < -0.39 is 11.7 Å². The Labute approximate surface area is 155 Å². The summed E-state index contributed by atoms with van der Waals surface area (Å²) in [6.07, 6.45) is -1.56. The van der Waals surface area contributed by atoms with Gasteiger partial charge in [-0.2, -0.15) is 13.2 Å². The Morgan fingerprint density at radius 3 is 2.58 bits per heavy atom. The van der Waals surface area contributed by atoms with Crippen LogP contribution in [0.15, 0.2) is 35.5 Å². The smallest absolute Gasteiger partial charge is 0.366 e. The monoisotopic (exact) mass is 384 g/mol. The second-order valence-corrected chi connectivity index (χ2v) is 6.24. The summed E-state index contributed by atoms with van der Waals surface area (Å²) in [5.74, 6) is -0.215. The molecule has 1 heterocycles. The second kappa shape index (κ2) is 7.95. The lowest BCUT2D eigenvalue weighted by Gasteiger charge is -2.24. The Morgan fingerprint density at radius 1 is 1.27 bits per heavy atom. The van der Waals surface area contributed by atoms with Crippen molar-refractivity contribution in [3.8, 4) is 0 Å². The van der Waals surface area contributed by atoms with Crippen LogP contribution in [0.5, 0.6) is 0 Å². The molecule has 1 aromatic heterocycles. The molecule has 0 bridgehead atoms. The summed E-state index contributed by atoms with van der Waals surface area (Å²) >= 11 is 6.44. The number of halogens is 4. The molecule has 2 rings (SSSR count). The molecule has 0 aliphatic heterocycles. The topological polar surface area (TPSA) is 31.7 Å². The van der Waals surface area contributed by atoms with Gasteiger partial charge in [-0.3, -0.25) is 0 Å². The molecule has 0 radical (unpaired) electrons. The summed E-state index contributed by atoms with van der Waals surface area (Å²) in [7, 11) is 3.37. The van der Waals surface area contributed by atoms with Crippen molar-refractivity contribution in [2.75, 3.05) is 25.5 Å². The van der Waals surface area contributed by atoms with Crippen LogP contribution in [0.25, 0.3) is 0 Å². The number of rotatable bonds is 5. The van der Waals surface area contributed by atoms with Gasteiger partial charge in [0.2, 0.25) is 0 Å². The standard InChI is InChI=1S/C18H20ClF3N4/c1-5-25(3)11-24-14-9-12(2)10-15(16(14)19)26(4)17-13(18(20,21)22)7-6-8-23-17/h6-11H,5H2,1-4H3. The number of aryl methyl sites for hydroxylation is 1. The highest BCUT2D eigenvalue weighted by Gasteiger charge is 2.35. The van der Waals surface area contributed by atoms with Gasteiger partial charge in [0.1, 0.15) is 5.82 Å². The summed E-state index contributed by atoms with van der Waals surface area (Å²) in [5, 5.41) is 0.262. The molecule has 4 nitrogen and oxygen atoms in total. The quantitative estimate of drug-likeness (QED) is 0.508. The maximum atomic E-state index is 13.3. The van der Waals surface area contributed by atoms with E-state index in [4.69, 9.17) is 11.6 Å². The molecular formula is C18H20ClF3N4. The van der Waals surface area contributed by atoms with Crippen LogP contribution in [0.4, 0.5) is 30.4 Å². The third-order valence-electron chi connectivity index (χ3n) is 3.84. The summed E-state index contributed by atoms with van der Waals surface area (Å²) < 4.78 is 39.9. The SMILES string of the molecule is CCN(C)C=Nc1cc(C)cc(N(C)c2ncccc2C(F)(F)F)c1Cl. The minimum Gasteiger partial charge on any atom is -0.366 e. The third-order valence-corrected chi connectivity index (χ3v) is 4.23. The predicted octanol–water partition coefficient (Wildman–Crippen LogP) is 5.44. The zero-order chi connectivity index (χ0) is 19.5. The van der Waals surface area contributed by atoms with Gasteiger partial charge >= 0.3 is 6.18 Å². The summed E-state index contributed by atoms with van der Waals surface area (Å²) in [6.45, 7) is 4.57. The van der Waals surface area contributed by atoms with Crippen molar-refractivity contribution >= 4 is 35.1 Å². The fourth-order valence-electron chi connectivity index (χ4n) is 2.31. The average Bonchev–Trinajstić information content (AvgIpc) is 2.60. The maximum absolute atomic E-state index is 13.3. The van der Waals surface area contributed by atoms with Gasteiger partial charge < -0.3 is 9.80 Å². The third kappa shape index (κ3) is 4.46. The van der Waals surface area contributed by atoms with Gasteiger partial charge in [0.25, 0.3) is 0 Å². The zero-order valence-corrected chi connectivity index (χ0v) is 15.7. The number of hydrogen-bond donors (Lipinski definition) is 0. The molecule has 0 spiro atoms. The second-order valence-electron chi connectivity index (χ2n) is 5.87. The maximum Gasteiger partial charge on any atom is 0.419 e. The van der Waals surface area contributed by atoms with Crippen molar-refractivity contribution in [1.82, 2.24) is 9.88 Å². The van der Waals surface area contributed by atoms with E-state index in [0.717, 1.165) is 18.2 Å². The molecule has 0 unspecified atom stereocenters. The molecule has 0 fully saturated rings. The van der Waals surface area contributed by atoms with E-state index in [1.807, 2.05) is 25.8 Å². The van der Waals surface area contributed by atoms with Crippen LogP contribution in [0.3, 0.4) is 0 Å². The van der Waals surface area contributed by atoms with E-state index in [9.17, 15) is 13.2 Å². The first-order valence-corrected chi connectivity index (χ1v) is 8.33. The van der Waals surface area contributed by atoms with Crippen molar-refractivity contribution in [1.29, 1.82) is 0 Å². The highest BCUT2D eigenvalue weighted by Crippen LogP contribution is 2.41. The number of anilines is 2. The molecule has 0 atom stereocenters. The molecule has 26 heavy (non-hydrogen) atoms. The highest BCUT2D eigenvalue weighted by molar-refractivity contribution is 6.36. The lowest BCUT2D eigenvalue weighted by molar-refractivity contribution is -0.137. The van der Waals surface area contributed by atoms with Crippen molar-refractivity contribution < 1.29 is 13.2 Å². The minimum atomic E-state index is -4.51. The molecular weight excluding hydrogens is 365 g/mol. The van der Waals surface area contributed by atoms with E-state index in [2.05, 4.69) is 9.98 Å². The van der Waals surface area contributed by atoms with Crippen LogP contribution in [-0.4, -0.2) is 36.9 Å². The Kier molecular flexibility index (Phi) is 6.13. The van der Waals surface area contributed by atoms with E-state index in [1.54, 1.807) is 18.5 Å². The van der Waals surface area contributed by atoms with Crippen LogP contribution in [-0.2, 0) is 6.18 Å². The number of nitrogens with zero attached hydrogens (tertiary/aromatic N) is 4. The van der Waals surface area contributed by atoms with Gasteiger partial charge in [0.15, 0.2) is 0 Å². The number of aliphatic imine (C=N–C) groups is 1. The first-order valence-electron chi connectivity index (χ1n) is 7.95. The van der Waals surface area contributed by atoms with Gasteiger partial charge in [-0.05, 0) is 43.7 Å². The lowest BCUT2D eigenvalue weighted by Crippen LogP contribution is -2.18. The van der Waals surface area contributed by atoms with E-state index >= 15 is 0 Å². The number of hydrogen-bond acceptors (Lipinski definition) is 3. The van der Waals surface area contributed by atoms with Gasteiger partial charge in [-0.25, -0.2) is 9.98 Å². The van der Waals surface area contributed by atoms with Gasteiger partial charge in [0, 0.05) is 26.8 Å². The van der Waals surface area contributed by atoms with E-state index in [-0.39, 0.29) is 10.8 Å². The van der Waals surface area contributed by atoms with Crippen molar-refractivity contribution in [2.24, 2.45) is 4.99 Å². The van der Waals surface area contributed by atoms with Crippen LogP contribution in [0.1, 0.15) is 18.1 Å². The number of alkyl halides is 3. The molecule has 2 aromatic rings. The summed E-state index contributed by atoms with van der Waals surface area (Å²) in [4.78, 5) is 11.5. The fourth-order valence-corrected chi connectivity index (χ4v) is 2.60. The Balaban J connectivity index is 2.53. The Bertz CT molecular complexity index is 806. The van der Waals surface area contributed by atoms with Crippen molar-refractivity contribution in [2.45, 2.75) is 20.0 Å². The van der Waals surface area contributed by atoms with Crippen LogP contribution in [0.2, 0.25) is 5.02 Å². The Hall–Kier alpha value is -2.28. The molecule has 0 amide bonds. The Morgan fingerprint density at radius 2 is 1.96 bits per heavy atom. The molecule has 0 saturated heterocycles. The molecule has 0 saturated carbocycles. The molecule has 0 N–H and O–H groups in total. The molecule has 8 heteroatoms. The average molecular weight is 385 g/mol. The number of benzene rings is 1. The molecule has 1 aromatic carbocycles. The van der Waals surface area contributed by atoms with E-state index in [0.29, 0.717) is 11.4 Å². The number of aromatic nitrogens is 1. The largest absolute Gasteiger partial charge is 0.419 e. The lowest BCUT2D eigenvalue weighted by atomic mass is 10.1. The van der Waals surface area contributed by atoms with Gasteiger partial charge in [-0.1, -0.05) is 11.6 Å². The van der Waals surface area contributed by atoms with Crippen LogP contribution >= 0.6 is 11.6 Å². The van der Waals surface area contributed by atoms with Gasteiger partial charge in [0.05, 0.1) is 28.3 Å². The summed E-state index contributed by atoms with van der Waals surface area (Å²) in [6, 6.07) is 5.74. The zero-order valence-electron chi connectivity index (χ0n) is 15.0. The number of pyridine rings is 1. The van der Waals surface area contributed by atoms with Crippen molar-refractivity contribution in [3.63, 3.8) is 0 Å². The molecule has 0 aliphatic rings. The first-order chi connectivity index (χ1) is 12.1. The molecule has 140 valence electrons. The van der Waals surface area contributed by atoms with Crippen LogP contribution < -0.4 is 4.90 Å².